The van der Waals surface area contributed by atoms with E-state index in [1.807, 2.05) is 49.4 Å². The van der Waals surface area contributed by atoms with Crippen molar-refractivity contribution >= 4 is 33.3 Å². The lowest BCUT2D eigenvalue weighted by Crippen LogP contribution is -2.25. The summed E-state index contributed by atoms with van der Waals surface area (Å²) >= 11 is 1.54. The molecule has 0 unspecified atom stereocenters. The SMILES string of the molecule is COc1cccc([C@H]2CC(=O)Nc3c2c(C)nn3-c2nc3ccccc3s2)c1OC. The van der Waals surface area contributed by atoms with Crippen LogP contribution >= 0.6 is 11.3 Å². The van der Waals surface area contributed by atoms with Gasteiger partial charge in [-0.05, 0) is 25.1 Å². The molecule has 2 aromatic heterocycles. The molecule has 1 aliphatic rings. The molecule has 0 radical (unpaired) electrons. The van der Waals surface area contributed by atoms with Crippen LogP contribution in [-0.2, 0) is 4.79 Å². The Labute approximate surface area is 177 Å². The first-order valence-corrected chi connectivity index (χ1v) is 10.4. The zero-order valence-corrected chi connectivity index (χ0v) is 17.6. The zero-order chi connectivity index (χ0) is 20.8. The van der Waals surface area contributed by atoms with Gasteiger partial charge in [0.05, 0.1) is 30.1 Å². The number of aryl methyl sites for hydroxylation is 1. The van der Waals surface area contributed by atoms with Gasteiger partial charge in [0.1, 0.15) is 5.82 Å². The molecule has 3 heterocycles. The number of carbonyl (C=O) groups excluding carboxylic acids is 1. The number of methoxy groups -OCH3 is 2. The number of rotatable bonds is 4. The van der Waals surface area contributed by atoms with Gasteiger partial charge < -0.3 is 14.8 Å². The second-order valence-electron chi connectivity index (χ2n) is 7.11. The Morgan fingerprint density at radius 2 is 1.97 bits per heavy atom. The average molecular weight is 420 g/mol. The number of para-hydroxylation sites is 2. The first-order valence-electron chi connectivity index (χ1n) is 9.57. The van der Waals surface area contributed by atoms with E-state index < -0.39 is 0 Å². The number of amides is 1. The molecule has 1 atom stereocenters. The van der Waals surface area contributed by atoms with Crippen molar-refractivity contribution in [1.29, 1.82) is 0 Å². The number of benzene rings is 2. The molecular weight excluding hydrogens is 400 g/mol. The number of anilines is 1. The molecule has 1 aliphatic heterocycles. The molecule has 0 fully saturated rings. The summed E-state index contributed by atoms with van der Waals surface area (Å²) < 4.78 is 13.9. The first-order chi connectivity index (χ1) is 14.6. The predicted molar refractivity (Wildman–Crippen MR) is 116 cm³/mol. The van der Waals surface area contributed by atoms with Crippen molar-refractivity contribution in [3.8, 4) is 16.6 Å². The van der Waals surface area contributed by atoms with Crippen LogP contribution in [0.4, 0.5) is 5.82 Å². The summed E-state index contributed by atoms with van der Waals surface area (Å²) in [4.78, 5) is 17.4. The highest BCUT2D eigenvalue weighted by molar-refractivity contribution is 7.20. The van der Waals surface area contributed by atoms with E-state index in [4.69, 9.17) is 19.6 Å². The van der Waals surface area contributed by atoms with Crippen molar-refractivity contribution in [1.82, 2.24) is 14.8 Å². The Hall–Kier alpha value is -3.39. The molecule has 0 saturated heterocycles. The van der Waals surface area contributed by atoms with Crippen LogP contribution < -0.4 is 14.8 Å². The maximum absolute atomic E-state index is 12.7. The molecule has 2 aromatic carbocycles. The quantitative estimate of drug-likeness (QED) is 0.533. The topological polar surface area (TPSA) is 78.3 Å². The minimum absolute atomic E-state index is 0.0698. The molecule has 30 heavy (non-hydrogen) atoms. The average Bonchev–Trinajstić information content (AvgIpc) is 3.33. The second kappa shape index (κ2) is 7.14. The molecule has 1 amide bonds. The molecular formula is C22H20N4O3S. The van der Waals surface area contributed by atoms with Crippen LogP contribution in [0.1, 0.15) is 29.2 Å². The number of nitrogens with one attached hydrogen (secondary N) is 1. The van der Waals surface area contributed by atoms with Gasteiger partial charge in [-0.2, -0.15) is 9.78 Å². The van der Waals surface area contributed by atoms with Gasteiger partial charge in [-0.15, -0.1) is 0 Å². The van der Waals surface area contributed by atoms with E-state index >= 15 is 0 Å². The number of aromatic nitrogens is 3. The molecule has 0 bridgehead atoms. The van der Waals surface area contributed by atoms with E-state index in [0.29, 0.717) is 23.7 Å². The van der Waals surface area contributed by atoms with Crippen molar-refractivity contribution in [2.75, 3.05) is 19.5 Å². The predicted octanol–water partition coefficient (Wildman–Crippen LogP) is 4.28. The van der Waals surface area contributed by atoms with E-state index in [1.165, 1.54) is 0 Å². The summed E-state index contributed by atoms with van der Waals surface area (Å²) in [7, 11) is 3.22. The standard InChI is InChI=1S/C22H20N4O3S/c1-12-19-14(13-7-6-9-16(28-2)20(13)29-3)11-18(27)24-21(19)26(25-12)22-23-15-8-4-5-10-17(15)30-22/h4-10,14H,11H2,1-3H3,(H,24,27)/t14-/m1/s1. The molecule has 1 N–H and O–H groups in total. The summed E-state index contributed by atoms with van der Waals surface area (Å²) in [6, 6.07) is 13.7. The van der Waals surface area contributed by atoms with Gasteiger partial charge in [-0.3, -0.25) is 4.79 Å². The van der Waals surface area contributed by atoms with Crippen LogP contribution in [0.15, 0.2) is 42.5 Å². The Morgan fingerprint density at radius 1 is 1.13 bits per heavy atom. The number of ether oxygens (including phenoxy) is 2. The van der Waals surface area contributed by atoms with Gasteiger partial charge in [-0.25, -0.2) is 4.98 Å². The van der Waals surface area contributed by atoms with E-state index in [1.54, 1.807) is 30.2 Å². The Balaban J connectivity index is 1.69. The fourth-order valence-corrected chi connectivity index (χ4v) is 5.01. The molecule has 152 valence electrons. The van der Waals surface area contributed by atoms with Crippen LogP contribution in [0.5, 0.6) is 11.5 Å². The van der Waals surface area contributed by atoms with Crippen LogP contribution in [0.25, 0.3) is 15.3 Å². The van der Waals surface area contributed by atoms with Gasteiger partial charge in [0.25, 0.3) is 0 Å². The van der Waals surface area contributed by atoms with Crippen LogP contribution in [-0.4, -0.2) is 34.9 Å². The minimum atomic E-state index is -0.193. The summed E-state index contributed by atoms with van der Waals surface area (Å²) in [6.45, 7) is 1.96. The summed E-state index contributed by atoms with van der Waals surface area (Å²) in [5, 5.41) is 8.48. The first kappa shape index (κ1) is 18.6. The highest BCUT2D eigenvalue weighted by Gasteiger charge is 2.35. The lowest BCUT2D eigenvalue weighted by molar-refractivity contribution is -0.116. The lowest BCUT2D eigenvalue weighted by Gasteiger charge is -2.26. The highest BCUT2D eigenvalue weighted by atomic mass is 32.1. The maximum atomic E-state index is 12.7. The molecule has 4 aromatic rings. The highest BCUT2D eigenvalue weighted by Crippen LogP contribution is 2.46. The van der Waals surface area contributed by atoms with Gasteiger partial charge in [-0.1, -0.05) is 35.6 Å². The fraction of sp³-hybridized carbons (Fsp3) is 0.227. The summed E-state index contributed by atoms with van der Waals surface area (Å²) in [5.74, 6) is 1.68. The number of hydrogen-bond acceptors (Lipinski definition) is 6. The Kier molecular flexibility index (Phi) is 4.43. The van der Waals surface area contributed by atoms with E-state index in [9.17, 15) is 4.79 Å². The number of fused-ring (bicyclic) bond motifs is 2. The number of hydrogen-bond donors (Lipinski definition) is 1. The van der Waals surface area contributed by atoms with Crippen molar-refractivity contribution in [3.05, 3.63) is 59.3 Å². The van der Waals surface area contributed by atoms with Crippen molar-refractivity contribution < 1.29 is 14.3 Å². The molecule has 0 saturated carbocycles. The molecule has 0 spiro atoms. The monoisotopic (exact) mass is 420 g/mol. The van der Waals surface area contributed by atoms with Crippen LogP contribution in [0.2, 0.25) is 0 Å². The van der Waals surface area contributed by atoms with E-state index in [2.05, 4.69) is 5.32 Å². The van der Waals surface area contributed by atoms with E-state index in [-0.39, 0.29) is 11.8 Å². The third kappa shape index (κ3) is 2.83. The smallest absolute Gasteiger partial charge is 0.226 e. The largest absolute Gasteiger partial charge is 0.493 e. The van der Waals surface area contributed by atoms with Gasteiger partial charge >= 0.3 is 0 Å². The molecule has 8 heteroatoms. The normalized spacial score (nSPS) is 15.7. The lowest BCUT2D eigenvalue weighted by atomic mass is 9.85. The second-order valence-corrected chi connectivity index (χ2v) is 8.12. The number of thiazole rings is 1. The third-order valence-corrected chi connectivity index (χ3v) is 6.39. The van der Waals surface area contributed by atoms with E-state index in [0.717, 1.165) is 32.2 Å². The Bertz CT molecular complexity index is 1240. The van der Waals surface area contributed by atoms with Crippen LogP contribution in [0.3, 0.4) is 0 Å². The zero-order valence-electron chi connectivity index (χ0n) is 16.8. The fourth-order valence-electron chi connectivity index (χ4n) is 4.09. The third-order valence-electron chi connectivity index (χ3n) is 5.38. The molecule has 5 rings (SSSR count). The maximum Gasteiger partial charge on any atom is 0.226 e. The minimum Gasteiger partial charge on any atom is -0.493 e. The molecule has 7 nitrogen and oxygen atoms in total. The van der Waals surface area contributed by atoms with Crippen LogP contribution in [0, 0.1) is 6.92 Å². The van der Waals surface area contributed by atoms with Gasteiger partial charge in [0.2, 0.25) is 11.0 Å². The number of carbonyl (C=O) groups is 1. The van der Waals surface area contributed by atoms with Gasteiger partial charge in [0.15, 0.2) is 11.5 Å². The summed E-state index contributed by atoms with van der Waals surface area (Å²) in [5.41, 5.74) is 3.63. The van der Waals surface area contributed by atoms with Gasteiger partial charge in [0, 0.05) is 23.5 Å². The molecule has 0 aliphatic carbocycles. The number of nitrogens with zero attached hydrogens (tertiary/aromatic N) is 3. The van der Waals surface area contributed by atoms with Crippen molar-refractivity contribution in [2.45, 2.75) is 19.3 Å². The van der Waals surface area contributed by atoms with Crippen molar-refractivity contribution in [2.24, 2.45) is 0 Å². The summed E-state index contributed by atoms with van der Waals surface area (Å²) in [6.07, 6.45) is 0.308. The van der Waals surface area contributed by atoms with Crippen molar-refractivity contribution in [3.63, 3.8) is 0 Å². The Morgan fingerprint density at radius 3 is 2.73 bits per heavy atom.